The quantitative estimate of drug-likeness (QED) is 0.364. The van der Waals surface area contributed by atoms with Crippen LogP contribution in [0, 0.1) is 0 Å². The van der Waals surface area contributed by atoms with Gasteiger partial charge in [0.25, 0.3) is 0 Å². The number of rotatable bonds is 7. The van der Waals surface area contributed by atoms with Crippen molar-refractivity contribution < 1.29 is 10.2 Å². The van der Waals surface area contributed by atoms with Crippen LogP contribution < -0.4 is 11.3 Å². The average molecular weight is 232 g/mol. The van der Waals surface area contributed by atoms with Gasteiger partial charge in [0.2, 0.25) is 0 Å². The Morgan fingerprint density at radius 3 is 2.53 bits per heavy atom. The van der Waals surface area contributed by atoms with Crippen LogP contribution in [0.2, 0.25) is 0 Å². The maximum absolute atomic E-state index is 8.82. The van der Waals surface area contributed by atoms with Gasteiger partial charge in [-0.2, -0.15) is 0 Å². The van der Waals surface area contributed by atoms with Gasteiger partial charge in [-0.3, -0.25) is 10.3 Å². The van der Waals surface area contributed by atoms with Crippen molar-refractivity contribution in [1.82, 2.24) is 9.88 Å². The molecule has 0 aliphatic rings. The van der Waals surface area contributed by atoms with Gasteiger partial charge in [0.1, 0.15) is 0 Å². The van der Waals surface area contributed by atoms with E-state index < -0.39 is 0 Å². The van der Waals surface area contributed by atoms with Gasteiger partial charge in [-0.25, -0.2) is 10.8 Å². The highest BCUT2D eigenvalue weighted by Gasteiger charge is 2.07. The Morgan fingerprint density at radius 2 is 2.07 bits per heavy atom. The molecule has 0 radical (unpaired) electrons. The summed E-state index contributed by atoms with van der Waals surface area (Å²) in [5.74, 6) is 5.22. The third-order valence-corrected chi connectivity index (χ3v) is 2.80. The van der Waals surface area contributed by atoms with Crippen molar-refractivity contribution in [3.8, 4) is 0 Å². The lowest BCUT2D eigenvalue weighted by molar-refractivity contribution is 0.157. The van der Waals surface area contributed by atoms with Crippen molar-refractivity contribution >= 4 is 16.5 Å². The number of nitrogen functional groups attached to an aromatic ring is 1. The van der Waals surface area contributed by atoms with Crippen LogP contribution in [0.25, 0.3) is 0 Å². The van der Waals surface area contributed by atoms with E-state index in [2.05, 4.69) is 10.4 Å². The lowest BCUT2D eigenvalue weighted by atomic mass is 10.4. The first-order valence-electron chi connectivity index (χ1n) is 4.65. The molecule has 1 heterocycles. The van der Waals surface area contributed by atoms with Gasteiger partial charge in [-0.15, -0.1) is 0 Å². The Labute approximate surface area is 92.3 Å². The van der Waals surface area contributed by atoms with Crippen LogP contribution in [-0.2, 0) is 6.54 Å². The summed E-state index contributed by atoms with van der Waals surface area (Å²) in [7, 11) is 0. The Bertz CT molecular complexity index is 275. The number of hydrazine groups is 1. The van der Waals surface area contributed by atoms with Crippen LogP contribution in [0.4, 0.5) is 5.13 Å². The lowest BCUT2D eigenvalue weighted by Crippen LogP contribution is -2.28. The minimum atomic E-state index is 0.0841. The third kappa shape index (κ3) is 4.10. The Balaban J connectivity index is 2.48. The summed E-state index contributed by atoms with van der Waals surface area (Å²) in [6.45, 7) is 1.93. The standard InChI is InChI=1S/C8H16N4O2S/c9-11-8-10-5-7(15-8)6-12(1-3-13)2-4-14/h5,13-14H,1-4,6,9H2,(H,10,11). The van der Waals surface area contributed by atoms with E-state index >= 15 is 0 Å². The van der Waals surface area contributed by atoms with Gasteiger partial charge >= 0.3 is 0 Å². The molecule has 0 saturated heterocycles. The predicted octanol–water partition coefficient (Wildman–Crippen LogP) is -0.785. The molecule has 1 rings (SSSR count). The van der Waals surface area contributed by atoms with Crippen LogP contribution in [0.3, 0.4) is 0 Å². The number of hydrogen-bond acceptors (Lipinski definition) is 7. The van der Waals surface area contributed by atoms with Gasteiger partial charge < -0.3 is 10.2 Å². The monoisotopic (exact) mass is 232 g/mol. The maximum atomic E-state index is 8.82. The van der Waals surface area contributed by atoms with E-state index in [1.807, 2.05) is 4.90 Å². The molecular weight excluding hydrogens is 216 g/mol. The predicted molar refractivity (Wildman–Crippen MR) is 59.4 cm³/mol. The van der Waals surface area contributed by atoms with E-state index in [0.29, 0.717) is 24.8 Å². The fourth-order valence-electron chi connectivity index (χ4n) is 1.22. The maximum Gasteiger partial charge on any atom is 0.197 e. The molecule has 0 spiro atoms. The van der Waals surface area contributed by atoms with Crippen LogP contribution in [-0.4, -0.2) is 46.4 Å². The fourth-order valence-corrected chi connectivity index (χ4v) is 1.99. The molecule has 7 heteroatoms. The molecule has 0 amide bonds. The van der Waals surface area contributed by atoms with Crippen molar-refractivity contribution in [3.63, 3.8) is 0 Å². The van der Waals surface area contributed by atoms with Gasteiger partial charge in [0, 0.05) is 30.7 Å². The molecule has 0 atom stereocenters. The normalized spacial score (nSPS) is 10.9. The van der Waals surface area contributed by atoms with Crippen molar-refractivity contribution in [2.45, 2.75) is 6.54 Å². The first-order valence-corrected chi connectivity index (χ1v) is 5.47. The topological polar surface area (TPSA) is 94.6 Å². The molecule has 1 aromatic rings. The number of aromatic nitrogens is 1. The SMILES string of the molecule is NNc1ncc(CN(CCO)CCO)s1. The summed E-state index contributed by atoms with van der Waals surface area (Å²) in [5, 5.41) is 18.3. The van der Waals surface area contributed by atoms with Crippen LogP contribution in [0.5, 0.6) is 0 Å². The van der Waals surface area contributed by atoms with E-state index in [4.69, 9.17) is 16.1 Å². The zero-order valence-electron chi connectivity index (χ0n) is 8.39. The average Bonchev–Trinajstić information content (AvgIpc) is 2.66. The van der Waals surface area contributed by atoms with E-state index in [0.717, 1.165) is 4.88 Å². The van der Waals surface area contributed by atoms with E-state index in [9.17, 15) is 0 Å². The number of nitrogens with zero attached hydrogens (tertiary/aromatic N) is 2. The summed E-state index contributed by atoms with van der Waals surface area (Å²) in [6, 6.07) is 0. The Morgan fingerprint density at radius 1 is 1.40 bits per heavy atom. The Kier molecular flexibility index (Phi) is 5.51. The number of aliphatic hydroxyl groups is 2. The highest BCUT2D eigenvalue weighted by molar-refractivity contribution is 7.15. The first kappa shape index (κ1) is 12.3. The molecular formula is C8H16N4O2S. The molecule has 0 unspecified atom stereocenters. The second-order valence-electron chi connectivity index (χ2n) is 3.00. The van der Waals surface area contributed by atoms with E-state index in [1.165, 1.54) is 11.3 Å². The van der Waals surface area contributed by atoms with E-state index in [1.54, 1.807) is 6.20 Å². The molecule has 0 bridgehead atoms. The van der Waals surface area contributed by atoms with Crippen molar-refractivity contribution in [2.75, 3.05) is 31.7 Å². The Hall–Kier alpha value is -0.730. The number of aliphatic hydroxyl groups excluding tert-OH is 2. The molecule has 1 aromatic heterocycles. The minimum absolute atomic E-state index is 0.0841. The molecule has 15 heavy (non-hydrogen) atoms. The summed E-state index contributed by atoms with van der Waals surface area (Å²) in [4.78, 5) is 7.04. The van der Waals surface area contributed by atoms with Gasteiger partial charge in [0.05, 0.1) is 13.2 Å². The second-order valence-corrected chi connectivity index (χ2v) is 4.11. The molecule has 0 aliphatic heterocycles. The lowest BCUT2D eigenvalue weighted by Gasteiger charge is -2.18. The van der Waals surface area contributed by atoms with Gasteiger partial charge in [-0.05, 0) is 0 Å². The van der Waals surface area contributed by atoms with Crippen LogP contribution in [0.1, 0.15) is 4.88 Å². The number of thiazole rings is 1. The first-order chi connectivity index (χ1) is 7.30. The molecule has 0 aromatic carbocycles. The molecule has 5 N–H and O–H groups in total. The van der Waals surface area contributed by atoms with Crippen molar-refractivity contribution in [1.29, 1.82) is 0 Å². The van der Waals surface area contributed by atoms with Crippen LogP contribution in [0.15, 0.2) is 6.20 Å². The number of nitrogens with one attached hydrogen (secondary N) is 1. The largest absolute Gasteiger partial charge is 0.395 e. The summed E-state index contributed by atoms with van der Waals surface area (Å²) in [6.07, 6.45) is 1.74. The summed E-state index contributed by atoms with van der Waals surface area (Å²) in [5.41, 5.74) is 2.47. The second kappa shape index (κ2) is 6.70. The summed E-state index contributed by atoms with van der Waals surface area (Å²) >= 11 is 1.46. The van der Waals surface area contributed by atoms with E-state index in [-0.39, 0.29) is 13.2 Å². The van der Waals surface area contributed by atoms with Crippen LogP contribution >= 0.6 is 11.3 Å². The molecule has 6 nitrogen and oxygen atoms in total. The molecule has 0 saturated carbocycles. The highest BCUT2D eigenvalue weighted by Crippen LogP contribution is 2.18. The zero-order valence-corrected chi connectivity index (χ0v) is 9.20. The number of hydrogen-bond donors (Lipinski definition) is 4. The van der Waals surface area contributed by atoms with Crippen molar-refractivity contribution in [3.05, 3.63) is 11.1 Å². The summed E-state index contributed by atoms with van der Waals surface area (Å²) < 4.78 is 0. The zero-order chi connectivity index (χ0) is 11.1. The highest BCUT2D eigenvalue weighted by atomic mass is 32.1. The minimum Gasteiger partial charge on any atom is -0.395 e. The molecule has 86 valence electrons. The molecule has 0 aliphatic carbocycles. The fraction of sp³-hybridized carbons (Fsp3) is 0.625. The van der Waals surface area contributed by atoms with Gasteiger partial charge in [0.15, 0.2) is 5.13 Å². The number of nitrogens with two attached hydrogens (primary N) is 1. The number of anilines is 1. The smallest absolute Gasteiger partial charge is 0.197 e. The third-order valence-electron chi connectivity index (χ3n) is 1.89. The van der Waals surface area contributed by atoms with Crippen molar-refractivity contribution in [2.24, 2.45) is 5.84 Å². The molecule has 0 fully saturated rings. The van der Waals surface area contributed by atoms with Gasteiger partial charge in [-0.1, -0.05) is 11.3 Å².